The highest BCUT2D eigenvalue weighted by Crippen LogP contribution is 2.02. The lowest BCUT2D eigenvalue weighted by Crippen LogP contribution is -2.40. The molecule has 0 radical (unpaired) electrons. The Balaban J connectivity index is 2.49. The Morgan fingerprint density at radius 1 is 1.44 bits per heavy atom. The third-order valence-electron chi connectivity index (χ3n) is 2.31. The predicted octanol–water partition coefficient (Wildman–Crippen LogP) is 0.953. The molecule has 1 aromatic rings. The second kappa shape index (κ2) is 7.83. The van der Waals surface area contributed by atoms with Gasteiger partial charge in [0.15, 0.2) is 0 Å². The zero-order chi connectivity index (χ0) is 13.4. The number of ether oxygens (including phenoxy) is 1. The molecule has 0 fully saturated rings. The number of sulfonamides is 1. The summed E-state index contributed by atoms with van der Waals surface area (Å²) in [5.41, 5.74) is 0.956. The summed E-state index contributed by atoms with van der Waals surface area (Å²) in [6, 6.07) is 3.39. The van der Waals surface area contributed by atoms with E-state index in [0.29, 0.717) is 18.4 Å². The van der Waals surface area contributed by atoms with Gasteiger partial charge in [-0.1, -0.05) is 15.9 Å². The Kier molecular flexibility index (Phi) is 6.77. The van der Waals surface area contributed by atoms with Gasteiger partial charge in [0.25, 0.3) is 0 Å². The minimum absolute atomic E-state index is 0.0597. The molecule has 5 nitrogen and oxygen atoms in total. The van der Waals surface area contributed by atoms with Gasteiger partial charge in [-0.25, -0.2) is 13.1 Å². The molecule has 7 heteroatoms. The van der Waals surface area contributed by atoms with Crippen LogP contribution in [0, 0.1) is 0 Å². The average molecular weight is 337 g/mol. The van der Waals surface area contributed by atoms with E-state index in [1.807, 2.05) is 12.1 Å². The maximum Gasteiger partial charge on any atom is 0.212 e. The molecule has 0 saturated heterocycles. The zero-order valence-corrected chi connectivity index (χ0v) is 12.6. The number of pyridine rings is 1. The minimum Gasteiger partial charge on any atom is -0.383 e. The highest BCUT2D eigenvalue weighted by Gasteiger charge is 2.16. The number of aryl methyl sites for hydroxylation is 1. The third kappa shape index (κ3) is 5.90. The van der Waals surface area contributed by atoms with Crippen molar-refractivity contribution in [2.75, 3.05) is 24.8 Å². The van der Waals surface area contributed by atoms with Crippen LogP contribution in [0.4, 0.5) is 0 Å². The molecule has 1 unspecified atom stereocenters. The summed E-state index contributed by atoms with van der Waals surface area (Å²) >= 11 is 3.25. The molecule has 1 aromatic heterocycles. The molecule has 1 N–H and O–H groups in total. The molecule has 0 aliphatic carbocycles. The zero-order valence-electron chi connectivity index (χ0n) is 10.2. The van der Waals surface area contributed by atoms with Crippen LogP contribution in [0.1, 0.15) is 5.56 Å². The number of alkyl halides is 1. The molecule has 1 rings (SSSR count). The van der Waals surface area contributed by atoms with E-state index in [2.05, 4.69) is 25.6 Å². The molecule has 0 aliphatic heterocycles. The van der Waals surface area contributed by atoms with Crippen LogP contribution < -0.4 is 4.72 Å². The van der Waals surface area contributed by atoms with Gasteiger partial charge in [0.1, 0.15) is 0 Å². The van der Waals surface area contributed by atoms with E-state index < -0.39 is 10.0 Å². The molecule has 0 spiro atoms. The van der Waals surface area contributed by atoms with E-state index in [-0.39, 0.29) is 11.8 Å². The molecule has 1 atom stereocenters. The fourth-order valence-electron chi connectivity index (χ4n) is 1.43. The van der Waals surface area contributed by atoms with Gasteiger partial charge in [0.2, 0.25) is 10.0 Å². The summed E-state index contributed by atoms with van der Waals surface area (Å²) < 4.78 is 31.2. The summed E-state index contributed by atoms with van der Waals surface area (Å²) in [4.78, 5) is 3.89. The molecule has 0 aliphatic rings. The van der Waals surface area contributed by atoms with Crippen LogP contribution in [0.15, 0.2) is 24.5 Å². The summed E-state index contributed by atoms with van der Waals surface area (Å²) in [6.07, 6.45) is 3.78. The molecule has 0 aromatic carbocycles. The molecular formula is C11H17BrN2O3S. The fourth-order valence-corrected chi connectivity index (χ4v) is 3.27. The van der Waals surface area contributed by atoms with Gasteiger partial charge in [-0.3, -0.25) is 4.98 Å². The topological polar surface area (TPSA) is 68.3 Å². The summed E-state index contributed by atoms with van der Waals surface area (Å²) in [6.45, 7) is 0.347. The Bertz CT molecular complexity index is 439. The quantitative estimate of drug-likeness (QED) is 0.718. The number of hydrogen-bond donors (Lipinski definition) is 1. The number of nitrogens with zero attached hydrogens (tertiary/aromatic N) is 1. The molecule has 0 amide bonds. The number of aromatic nitrogens is 1. The standard InChI is InChI=1S/C11H17BrN2O3S/c1-17-9-11(8-12)14-18(15,16)7-4-10-2-5-13-6-3-10/h2-3,5-6,11,14H,4,7-9H2,1H3. The first kappa shape index (κ1) is 15.6. The number of rotatable bonds is 8. The van der Waals surface area contributed by atoms with Crippen LogP contribution in [0.3, 0.4) is 0 Å². The molecule has 1 heterocycles. The molecule has 0 saturated carbocycles. The smallest absolute Gasteiger partial charge is 0.212 e. The summed E-state index contributed by atoms with van der Waals surface area (Å²) in [5, 5.41) is 0.523. The van der Waals surface area contributed by atoms with Crippen LogP contribution in [0.25, 0.3) is 0 Å². The van der Waals surface area contributed by atoms with E-state index in [0.717, 1.165) is 5.56 Å². The minimum atomic E-state index is -3.29. The first-order chi connectivity index (χ1) is 8.57. The highest BCUT2D eigenvalue weighted by molar-refractivity contribution is 9.09. The Morgan fingerprint density at radius 3 is 2.67 bits per heavy atom. The van der Waals surface area contributed by atoms with Crippen molar-refractivity contribution in [1.29, 1.82) is 0 Å². The SMILES string of the molecule is COCC(CBr)NS(=O)(=O)CCc1ccncc1. The van der Waals surface area contributed by atoms with E-state index in [1.165, 1.54) is 0 Å². The maximum absolute atomic E-state index is 11.8. The predicted molar refractivity (Wildman–Crippen MR) is 74.3 cm³/mol. The molecular weight excluding hydrogens is 320 g/mol. The van der Waals surface area contributed by atoms with Gasteiger partial charge >= 0.3 is 0 Å². The number of nitrogens with one attached hydrogen (secondary N) is 1. The van der Waals surface area contributed by atoms with Gasteiger partial charge in [-0.2, -0.15) is 0 Å². The average Bonchev–Trinajstić information content (AvgIpc) is 2.37. The van der Waals surface area contributed by atoms with Gasteiger partial charge in [0, 0.05) is 24.8 Å². The number of halogens is 1. The van der Waals surface area contributed by atoms with Crippen molar-refractivity contribution in [3.8, 4) is 0 Å². The van der Waals surface area contributed by atoms with Crippen molar-refractivity contribution < 1.29 is 13.2 Å². The van der Waals surface area contributed by atoms with E-state index in [4.69, 9.17) is 4.74 Å². The molecule has 0 bridgehead atoms. The monoisotopic (exact) mass is 336 g/mol. The van der Waals surface area contributed by atoms with Gasteiger partial charge in [-0.15, -0.1) is 0 Å². The highest BCUT2D eigenvalue weighted by atomic mass is 79.9. The van der Waals surface area contributed by atoms with Crippen LogP contribution >= 0.6 is 15.9 Å². The van der Waals surface area contributed by atoms with E-state index >= 15 is 0 Å². The van der Waals surface area contributed by atoms with Crippen LogP contribution in [0.2, 0.25) is 0 Å². The van der Waals surface area contributed by atoms with Crippen LogP contribution in [0.5, 0.6) is 0 Å². The number of methoxy groups -OCH3 is 1. The van der Waals surface area contributed by atoms with Gasteiger partial charge in [0.05, 0.1) is 18.4 Å². The van der Waals surface area contributed by atoms with Gasteiger partial charge in [-0.05, 0) is 24.1 Å². The van der Waals surface area contributed by atoms with E-state index in [1.54, 1.807) is 19.5 Å². The Hall–Kier alpha value is -0.500. The number of hydrogen-bond acceptors (Lipinski definition) is 4. The van der Waals surface area contributed by atoms with Crippen LogP contribution in [-0.4, -0.2) is 44.2 Å². The van der Waals surface area contributed by atoms with Crippen LogP contribution in [-0.2, 0) is 21.2 Å². The largest absolute Gasteiger partial charge is 0.383 e. The lowest BCUT2D eigenvalue weighted by Gasteiger charge is -2.15. The summed E-state index contributed by atoms with van der Waals surface area (Å²) in [5.74, 6) is 0.0597. The Labute approximate surface area is 116 Å². The molecule has 102 valence electrons. The van der Waals surface area contributed by atoms with Gasteiger partial charge < -0.3 is 4.74 Å². The molecule has 18 heavy (non-hydrogen) atoms. The third-order valence-corrected chi connectivity index (χ3v) is 4.52. The normalized spacial score (nSPS) is 13.4. The summed E-state index contributed by atoms with van der Waals surface area (Å²) in [7, 11) is -1.75. The maximum atomic E-state index is 11.8. The Morgan fingerprint density at radius 2 is 2.11 bits per heavy atom. The van der Waals surface area contributed by atoms with Crippen molar-refractivity contribution in [1.82, 2.24) is 9.71 Å². The lowest BCUT2D eigenvalue weighted by atomic mass is 10.2. The fraction of sp³-hybridized carbons (Fsp3) is 0.545. The van der Waals surface area contributed by atoms with E-state index in [9.17, 15) is 8.42 Å². The first-order valence-electron chi connectivity index (χ1n) is 5.51. The van der Waals surface area contributed by atoms with Crippen molar-refractivity contribution in [2.45, 2.75) is 12.5 Å². The van der Waals surface area contributed by atoms with Crippen molar-refractivity contribution >= 4 is 26.0 Å². The first-order valence-corrected chi connectivity index (χ1v) is 8.28. The van der Waals surface area contributed by atoms with Crippen molar-refractivity contribution in [2.24, 2.45) is 0 Å². The second-order valence-electron chi connectivity index (χ2n) is 3.85. The van der Waals surface area contributed by atoms with Crippen molar-refractivity contribution in [3.63, 3.8) is 0 Å². The lowest BCUT2D eigenvalue weighted by molar-refractivity contribution is 0.182. The second-order valence-corrected chi connectivity index (χ2v) is 6.37. The van der Waals surface area contributed by atoms with Crippen molar-refractivity contribution in [3.05, 3.63) is 30.1 Å².